The first-order valence-corrected chi connectivity index (χ1v) is 7.68. The highest BCUT2D eigenvalue weighted by Crippen LogP contribution is 2.42. The zero-order valence-electron chi connectivity index (χ0n) is 13.8. The summed E-state index contributed by atoms with van der Waals surface area (Å²) < 4.78 is 5.16. The number of nitrogens with zero attached hydrogens (tertiary/aromatic N) is 1. The number of hydrogen-bond acceptors (Lipinski definition) is 3. The summed E-state index contributed by atoms with van der Waals surface area (Å²) in [4.78, 5) is 26.6. The summed E-state index contributed by atoms with van der Waals surface area (Å²) in [5, 5.41) is 2.87. The zero-order valence-corrected chi connectivity index (χ0v) is 13.8. The largest absolute Gasteiger partial charge is 0.469 e. The highest BCUT2D eigenvalue weighted by atomic mass is 16.3. The molecule has 1 N–H and O–H groups in total. The molecule has 2 aromatic rings. The van der Waals surface area contributed by atoms with E-state index in [9.17, 15) is 9.59 Å². The number of aryl methyl sites for hydroxylation is 1. The number of anilines is 2. The summed E-state index contributed by atoms with van der Waals surface area (Å²) in [6, 6.07) is 7.24. The summed E-state index contributed by atoms with van der Waals surface area (Å²) in [5.41, 5.74) is 2.45. The molecular weight excluding hydrogens is 292 g/mol. The van der Waals surface area contributed by atoms with Gasteiger partial charge in [0.1, 0.15) is 5.76 Å². The Kier molecular flexibility index (Phi) is 3.51. The van der Waals surface area contributed by atoms with Gasteiger partial charge < -0.3 is 14.6 Å². The van der Waals surface area contributed by atoms with E-state index in [1.54, 1.807) is 17.9 Å². The number of furan rings is 1. The van der Waals surface area contributed by atoms with Crippen molar-refractivity contribution in [2.45, 2.75) is 33.1 Å². The molecule has 2 heterocycles. The van der Waals surface area contributed by atoms with Gasteiger partial charge in [-0.05, 0) is 57.5 Å². The molecular formula is C18H20N2O3. The second kappa shape index (κ2) is 5.26. The summed E-state index contributed by atoms with van der Waals surface area (Å²) in [6.45, 7) is 8.17. The minimum atomic E-state index is -0.586. The normalized spacial score (nSPS) is 15.7. The number of carbonyl (C=O) groups excluding carboxylic acids is 2. The van der Waals surface area contributed by atoms with E-state index in [0.717, 1.165) is 11.3 Å². The second-order valence-corrected chi connectivity index (χ2v) is 6.25. The van der Waals surface area contributed by atoms with Crippen LogP contribution in [0.25, 0.3) is 0 Å². The van der Waals surface area contributed by atoms with Gasteiger partial charge >= 0.3 is 0 Å². The standard InChI is InChI=1S/C18H20N2O3/c1-5-20-15-7-6-12(10-14(15)18(3,4)17(20)22)19-16(21)13-8-9-23-11(13)2/h6-10H,5H2,1-4H3,(H,19,21). The van der Waals surface area contributed by atoms with Crippen LogP contribution >= 0.6 is 0 Å². The predicted octanol–water partition coefficient (Wildman–Crippen LogP) is 3.48. The summed E-state index contributed by atoms with van der Waals surface area (Å²) >= 11 is 0. The van der Waals surface area contributed by atoms with Crippen LogP contribution in [0.3, 0.4) is 0 Å². The molecule has 3 rings (SSSR count). The highest BCUT2D eigenvalue weighted by Gasteiger charge is 2.43. The number of nitrogens with one attached hydrogen (secondary N) is 1. The lowest BCUT2D eigenvalue weighted by atomic mass is 9.86. The Bertz CT molecular complexity index is 789. The van der Waals surface area contributed by atoms with Crippen LogP contribution in [0.1, 0.15) is 42.5 Å². The Hall–Kier alpha value is -2.56. The molecule has 0 radical (unpaired) electrons. The maximum absolute atomic E-state index is 12.5. The van der Waals surface area contributed by atoms with Crippen LogP contribution in [0.5, 0.6) is 0 Å². The molecule has 0 saturated carbocycles. The molecule has 0 atom stereocenters. The molecule has 0 saturated heterocycles. The number of benzene rings is 1. The Morgan fingerprint density at radius 1 is 1.30 bits per heavy atom. The van der Waals surface area contributed by atoms with E-state index in [-0.39, 0.29) is 11.8 Å². The van der Waals surface area contributed by atoms with Crippen LogP contribution in [0.15, 0.2) is 34.9 Å². The molecule has 0 bridgehead atoms. The average Bonchev–Trinajstić information content (AvgIpc) is 3.01. The van der Waals surface area contributed by atoms with Gasteiger partial charge in [0.2, 0.25) is 5.91 Å². The van der Waals surface area contributed by atoms with Crippen molar-refractivity contribution in [3.8, 4) is 0 Å². The predicted molar refractivity (Wildman–Crippen MR) is 88.9 cm³/mol. The van der Waals surface area contributed by atoms with Crippen molar-refractivity contribution in [3.63, 3.8) is 0 Å². The van der Waals surface area contributed by atoms with Gasteiger partial charge in [-0.15, -0.1) is 0 Å². The third kappa shape index (κ3) is 2.32. The van der Waals surface area contributed by atoms with E-state index in [2.05, 4.69) is 5.32 Å². The first kappa shape index (κ1) is 15.3. The quantitative estimate of drug-likeness (QED) is 0.943. The summed E-state index contributed by atoms with van der Waals surface area (Å²) in [7, 11) is 0. The molecule has 120 valence electrons. The van der Waals surface area contributed by atoms with E-state index < -0.39 is 5.41 Å². The topological polar surface area (TPSA) is 62.6 Å². The van der Waals surface area contributed by atoms with Gasteiger partial charge in [0, 0.05) is 17.9 Å². The van der Waals surface area contributed by atoms with Crippen molar-refractivity contribution in [2.24, 2.45) is 0 Å². The van der Waals surface area contributed by atoms with Gasteiger partial charge in [-0.2, -0.15) is 0 Å². The summed E-state index contributed by atoms with van der Waals surface area (Å²) in [6.07, 6.45) is 1.49. The number of carbonyl (C=O) groups is 2. The van der Waals surface area contributed by atoms with Crippen LogP contribution in [0.4, 0.5) is 11.4 Å². The minimum absolute atomic E-state index is 0.0872. The molecule has 1 aromatic carbocycles. The molecule has 23 heavy (non-hydrogen) atoms. The SMILES string of the molecule is CCN1C(=O)C(C)(C)c2cc(NC(=O)c3ccoc3C)ccc21. The maximum atomic E-state index is 12.5. The Balaban J connectivity index is 1.93. The van der Waals surface area contributed by atoms with Crippen LogP contribution < -0.4 is 10.2 Å². The van der Waals surface area contributed by atoms with Gasteiger partial charge in [0.05, 0.1) is 17.2 Å². The van der Waals surface area contributed by atoms with E-state index in [1.807, 2.05) is 39.0 Å². The van der Waals surface area contributed by atoms with Gasteiger partial charge in [0.25, 0.3) is 5.91 Å². The van der Waals surface area contributed by atoms with E-state index in [4.69, 9.17) is 4.42 Å². The zero-order chi connectivity index (χ0) is 16.8. The Morgan fingerprint density at radius 2 is 2.04 bits per heavy atom. The van der Waals surface area contributed by atoms with Crippen molar-refractivity contribution in [3.05, 3.63) is 47.4 Å². The van der Waals surface area contributed by atoms with Crippen molar-refractivity contribution in [2.75, 3.05) is 16.8 Å². The minimum Gasteiger partial charge on any atom is -0.469 e. The Labute approximate surface area is 135 Å². The number of hydrogen-bond donors (Lipinski definition) is 1. The number of likely N-dealkylation sites (N-methyl/N-ethyl adjacent to an activating group) is 1. The molecule has 0 unspecified atom stereocenters. The number of amides is 2. The van der Waals surface area contributed by atoms with E-state index in [1.165, 1.54) is 6.26 Å². The first-order chi connectivity index (χ1) is 10.9. The molecule has 1 aliphatic heterocycles. The van der Waals surface area contributed by atoms with Gasteiger partial charge in [-0.25, -0.2) is 0 Å². The highest BCUT2D eigenvalue weighted by molar-refractivity contribution is 6.09. The smallest absolute Gasteiger partial charge is 0.259 e. The molecule has 5 nitrogen and oxygen atoms in total. The fraction of sp³-hybridized carbons (Fsp3) is 0.333. The van der Waals surface area contributed by atoms with Crippen molar-refractivity contribution < 1.29 is 14.0 Å². The molecule has 0 aliphatic carbocycles. The third-order valence-electron chi connectivity index (χ3n) is 4.42. The van der Waals surface area contributed by atoms with Crippen LogP contribution in [-0.4, -0.2) is 18.4 Å². The second-order valence-electron chi connectivity index (χ2n) is 6.25. The van der Waals surface area contributed by atoms with Crippen LogP contribution in [0, 0.1) is 6.92 Å². The molecule has 0 spiro atoms. The van der Waals surface area contributed by atoms with Gasteiger partial charge in [-0.1, -0.05) is 0 Å². The maximum Gasteiger partial charge on any atom is 0.259 e. The lowest BCUT2D eigenvalue weighted by Crippen LogP contribution is -2.35. The summed E-state index contributed by atoms with van der Waals surface area (Å²) in [5.74, 6) is 0.450. The molecule has 2 amide bonds. The van der Waals surface area contributed by atoms with Gasteiger partial charge in [0.15, 0.2) is 0 Å². The third-order valence-corrected chi connectivity index (χ3v) is 4.42. The van der Waals surface area contributed by atoms with Crippen LogP contribution in [0.2, 0.25) is 0 Å². The van der Waals surface area contributed by atoms with Crippen molar-refractivity contribution in [1.29, 1.82) is 0 Å². The molecule has 1 aliphatic rings. The van der Waals surface area contributed by atoms with E-state index in [0.29, 0.717) is 23.6 Å². The molecule has 1 aromatic heterocycles. The lowest BCUT2D eigenvalue weighted by Gasteiger charge is -2.18. The fourth-order valence-electron chi connectivity index (χ4n) is 3.04. The Morgan fingerprint density at radius 3 is 2.65 bits per heavy atom. The van der Waals surface area contributed by atoms with E-state index >= 15 is 0 Å². The van der Waals surface area contributed by atoms with Crippen molar-refractivity contribution >= 4 is 23.2 Å². The van der Waals surface area contributed by atoms with Gasteiger partial charge in [-0.3, -0.25) is 9.59 Å². The van der Waals surface area contributed by atoms with Crippen LogP contribution in [-0.2, 0) is 10.2 Å². The monoisotopic (exact) mass is 312 g/mol. The lowest BCUT2D eigenvalue weighted by molar-refractivity contribution is -0.122. The number of fused-ring (bicyclic) bond motifs is 1. The van der Waals surface area contributed by atoms with Crippen molar-refractivity contribution in [1.82, 2.24) is 0 Å². The average molecular weight is 312 g/mol. The fourth-order valence-corrected chi connectivity index (χ4v) is 3.04. The number of rotatable bonds is 3. The molecule has 5 heteroatoms. The first-order valence-electron chi connectivity index (χ1n) is 7.68. The molecule has 0 fully saturated rings.